The van der Waals surface area contributed by atoms with E-state index >= 15 is 0 Å². The van der Waals surface area contributed by atoms with Gasteiger partial charge in [0.1, 0.15) is 0 Å². The lowest BCUT2D eigenvalue weighted by Crippen LogP contribution is -2.29. The number of ketones is 2. The molecule has 0 unspecified atom stereocenters. The number of nitrogens with one attached hydrogen (secondary N) is 1. The van der Waals surface area contributed by atoms with Crippen molar-refractivity contribution < 1.29 is 24.2 Å². The minimum absolute atomic E-state index is 0.0422. The Bertz CT molecular complexity index is 808. The Morgan fingerprint density at radius 2 is 1.65 bits per heavy atom. The van der Waals surface area contributed by atoms with Gasteiger partial charge in [-0.3, -0.25) is 14.4 Å². The summed E-state index contributed by atoms with van der Waals surface area (Å²) in [5, 5.41) is 11.2. The molecular weight excluding hydrogens is 394 g/mol. The number of hydrogen-bond acceptors (Lipinski definition) is 5. The van der Waals surface area contributed by atoms with Crippen LogP contribution in [0.15, 0.2) is 58.6 Å². The van der Waals surface area contributed by atoms with Crippen LogP contribution in [0.3, 0.4) is 0 Å². The fourth-order valence-electron chi connectivity index (χ4n) is 2.85. The summed E-state index contributed by atoms with van der Waals surface area (Å²) in [5.41, 5.74) is 3.48. The second-order valence-electron chi connectivity index (χ2n) is 7.96. The minimum Gasteiger partial charge on any atom is -0.489 e. The van der Waals surface area contributed by atoms with Crippen LogP contribution in [0.2, 0.25) is 0 Å². The van der Waals surface area contributed by atoms with Crippen LogP contribution in [-0.2, 0) is 19.1 Å². The van der Waals surface area contributed by atoms with Crippen molar-refractivity contribution in [3.8, 4) is 0 Å². The van der Waals surface area contributed by atoms with Crippen LogP contribution in [0.25, 0.3) is 0 Å². The predicted octanol–water partition coefficient (Wildman–Crippen LogP) is 4.23. The third kappa shape index (κ3) is 11.3. The van der Waals surface area contributed by atoms with E-state index in [1.165, 1.54) is 17.2 Å². The first kappa shape index (κ1) is 26.3. The zero-order valence-corrected chi connectivity index (χ0v) is 19.1. The summed E-state index contributed by atoms with van der Waals surface area (Å²) in [5.74, 6) is -1.42. The van der Waals surface area contributed by atoms with Crippen LogP contribution >= 0.6 is 0 Å². The molecule has 0 radical (unpaired) electrons. The van der Waals surface area contributed by atoms with Crippen molar-refractivity contribution in [1.29, 1.82) is 0 Å². The van der Waals surface area contributed by atoms with Crippen molar-refractivity contribution in [2.24, 2.45) is 0 Å². The van der Waals surface area contributed by atoms with Crippen molar-refractivity contribution in [2.45, 2.75) is 66.2 Å². The standard InChI is InChI=1S/C25H35NO5/c1-18(2)9-7-10-19(3)11-8-12-20(4)15-25(30)26-21-16-23(29)24(17-22(21)28)31-14-6-5-13-27/h9,11,15-17,27H,5-8,10,12-14H2,1-4H3,(H,26,30). The van der Waals surface area contributed by atoms with Crippen LogP contribution < -0.4 is 5.32 Å². The van der Waals surface area contributed by atoms with Gasteiger partial charge in [0.2, 0.25) is 17.5 Å². The van der Waals surface area contributed by atoms with Gasteiger partial charge in [-0.05, 0) is 66.2 Å². The van der Waals surface area contributed by atoms with Gasteiger partial charge in [0.05, 0.1) is 12.3 Å². The number of aliphatic hydroxyl groups excluding tert-OH is 1. The number of carbonyl (C=O) groups is 3. The number of ether oxygens (including phenoxy) is 1. The van der Waals surface area contributed by atoms with Gasteiger partial charge in [-0.25, -0.2) is 0 Å². The molecule has 1 aliphatic rings. The molecule has 0 saturated heterocycles. The molecule has 0 saturated carbocycles. The molecule has 0 aromatic heterocycles. The van der Waals surface area contributed by atoms with Crippen LogP contribution in [0, 0.1) is 0 Å². The molecule has 0 atom stereocenters. The summed E-state index contributed by atoms with van der Waals surface area (Å²) in [6.07, 6.45) is 12.8. The second-order valence-corrected chi connectivity index (χ2v) is 7.96. The SMILES string of the molecule is CC(C)=CCCC(C)=CCCC(C)=CC(=O)NC1=CC(=O)C(OCCCCO)=CC1=O. The molecule has 0 heterocycles. The van der Waals surface area contributed by atoms with Crippen molar-refractivity contribution in [2.75, 3.05) is 13.2 Å². The van der Waals surface area contributed by atoms with Crippen molar-refractivity contribution in [3.63, 3.8) is 0 Å². The molecule has 1 aliphatic carbocycles. The molecule has 1 rings (SSSR count). The largest absolute Gasteiger partial charge is 0.489 e. The number of rotatable bonds is 13. The number of allylic oxidation sites excluding steroid dienone is 7. The molecule has 0 fully saturated rings. The normalized spacial score (nSPS) is 14.7. The maximum atomic E-state index is 12.2. The molecule has 0 spiro atoms. The van der Waals surface area contributed by atoms with E-state index in [2.05, 4.69) is 38.2 Å². The number of carbonyl (C=O) groups excluding carboxylic acids is 3. The summed E-state index contributed by atoms with van der Waals surface area (Å²) < 4.78 is 5.29. The molecule has 6 nitrogen and oxygen atoms in total. The van der Waals surface area contributed by atoms with Gasteiger partial charge in [-0.15, -0.1) is 0 Å². The number of unbranched alkanes of at least 4 members (excludes halogenated alkanes) is 1. The number of amides is 1. The topological polar surface area (TPSA) is 92.7 Å². The highest BCUT2D eigenvalue weighted by Crippen LogP contribution is 2.14. The lowest BCUT2D eigenvalue weighted by atomic mass is 10.1. The zero-order chi connectivity index (χ0) is 23.2. The maximum Gasteiger partial charge on any atom is 0.248 e. The van der Waals surface area contributed by atoms with E-state index in [0.29, 0.717) is 12.8 Å². The minimum atomic E-state index is -0.480. The van der Waals surface area contributed by atoms with Crippen LogP contribution in [0.5, 0.6) is 0 Å². The smallest absolute Gasteiger partial charge is 0.248 e. The van der Waals surface area contributed by atoms with Gasteiger partial charge in [-0.2, -0.15) is 0 Å². The van der Waals surface area contributed by atoms with E-state index in [0.717, 1.165) is 43.4 Å². The summed E-state index contributed by atoms with van der Waals surface area (Å²) >= 11 is 0. The van der Waals surface area contributed by atoms with Crippen LogP contribution in [0.1, 0.15) is 66.2 Å². The van der Waals surface area contributed by atoms with Crippen molar-refractivity contribution in [3.05, 3.63) is 58.6 Å². The Morgan fingerprint density at radius 1 is 0.968 bits per heavy atom. The highest BCUT2D eigenvalue weighted by molar-refractivity contribution is 6.20. The molecule has 1 amide bonds. The zero-order valence-electron chi connectivity index (χ0n) is 19.1. The fourth-order valence-corrected chi connectivity index (χ4v) is 2.85. The van der Waals surface area contributed by atoms with E-state index < -0.39 is 17.5 Å². The molecule has 0 aliphatic heterocycles. The average molecular weight is 430 g/mol. The molecule has 0 aromatic rings. The molecule has 0 bridgehead atoms. The van der Waals surface area contributed by atoms with Gasteiger partial charge in [0.15, 0.2) is 5.76 Å². The quantitative estimate of drug-likeness (QED) is 0.198. The summed E-state index contributed by atoms with van der Waals surface area (Å²) in [4.78, 5) is 36.5. The summed E-state index contributed by atoms with van der Waals surface area (Å²) in [7, 11) is 0. The van der Waals surface area contributed by atoms with Gasteiger partial charge < -0.3 is 15.2 Å². The lowest BCUT2D eigenvalue weighted by molar-refractivity contribution is -0.120. The van der Waals surface area contributed by atoms with Gasteiger partial charge in [0, 0.05) is 24.8 Å². The first-order valence-electron chi connectivity index (χ1n) is 10.8. The van der Waals surface area contributed by atoms with Crippen LogP contribution in [-0.4, -0.2) is 35.8 Å². The molecule has 2 N–H and O–H groups in total. The van der Waals surface area contributed by atoms with Crippen LogP contribution in [0.4, 0.5) is 0 Å². The van der Waals surface area contributed by atoms with E-state index in [1.807, 2.05) is 6.92 Å². The highest BCUT2D eigenvalue weighted by Gasteiger charge is 2.22. The monoisotopic (exact) mass is 429 g/mol. The Balaban J connectivity index is 2.50. The van der Waals surface area contributed by atoms with Gasteiger partial charge in [-0.1, -0.05) is 28.9 Å². The molecule has 170 valence electrons. The van der Waals surface area contributed by atoms with Gasteiger partial charge in [0.25, 0.3) is 0 Å². The molecular formula is C25H35NO5. The van der Waals surface area contributed by atoms with Crippen molar-refractivity contribution in [1.82, 2.24) is 5.32 Å². The summed E-state index contributed by atoms with van der Waals surface area (Å²) in [6, 6.07) is 0. The Morgan fingerprint density at radius 3 is 2.32 bits per heavy atom. The van der Waals surface area contributed by atoms with Crippen molar-refractivity contribution >= 4 is 17.5 Å². The average Bonchev–Trinajstić information content (AvgIpc) is 2.68. The molecule has 31 heavy (non-hydrogen) atoms. The lowest BCUT2D eigenvalue weighted by Gasteiger charge is -2.13. The Hall–Kier alpha value is -2.73. The summed E-state index contributed by atoms with van der Waals surface area (Å²) in [6.45, 7) is 8.45. The first-order valence-corrected chi connectivity index (χ1v) is 10.8. The van der Waals surface area contributed by atoms with Gasteiger partial charge >= 0.3 is 0 Å². The number of aliphatic hydroxyl groups is 1. The maximum absolute atomic E-state index is 12.2. The van der Waals surface area contributed by atoms with E-state index in [-0.39, 0.29) is 24.7 Å². The third-order valence-corrected chi connectivity index (χ3v) is 4.61. The predicted molar refractivity (Wildman–Crippen MR) is 122 cm³/mol. The Labute approximate surface area is 185 Å². The van der Waals surface area contributed by atoms with E-state index in [9.17, 15) is 14.4 Å². The number of hydrogen-bond donors (Lipinski definition) is 2. The fraction of sp³-hybridized carbons (Fsp3) is 0.480. The second kappa shape index (κ2) is 14.3. The first-order chi connectivity index (χ1) is 14.7. The third-order valence-electron chi connectivity index (χ3n) is 4.61. The van der Waals surface area contributed by atoms with E-state index in [4.69, 9.17) is 9.84 Å². The Kier molecular flexibility index (Phi) is 12.1. The highest BCUT2D eigenvalue weighted by atomic mass is 16.5. The molecule has 0 aromatic carbocycles. The molecule has 6 heteroatoms. The van der Waals surface area contributed by atoms with E-state index in [1.54, 1.807) is 0 Å².